The monoisotopic (exact) mass is 268 g/mol. The van der Waals surface area contributed by atoms with Crippen LogP contribution in [0.25, 0.3) is 0 Å². The molecule has 6 heteroatoms. The number of hydrogen-bond donors (Lipinski definition) is 3. The molecule has 0 spiro atoms. The molecule has 96 valence electrons. The van der Waals surface area contributed by atoms with Crippen LogP contribution in [0.4, 0.5) is 4.39 Å². The third-order valence-electron chi connectivity index (χ3n) is 2.80. The van der Waals surface area contributed by atoms with E-state index in [0.29, 0.717) is 24.3 Å². The number of benzene rings is 1. The molecule has 1 heterocycles. The van der Waals surface area contributed by atoms with Crippen LogP contribution in [0.1, 0.15) is 23.2 Å². The van der Waals surface area contributed by atoms with Crippen molar-refractivity contribution in [2.45, 2.75) is 23.8 Å². The fourth-order valence-electron chi connectivity index (χ4n) is 1.81. The van der Waals surface area contributed by atoms with E-state index in [1.54, 1.807) is 0 Å². The van der Waals surface area contributed by atoms with Gasteiger partial charge in [-0.3, -0.25) is 9.59 Å². The molecule has 1 aliphatic heterocycles. The molecule has 0 radical (unpaired) electrons. The minimum Gasteiger partial charge on any atom is -0.354 e. The molecule has 1 unspecified atom stereocenters. The highest BCUT2D eigenvalue weighted by Gasteiger charge is 2.21. The highest BCUT2D eigenvalue weighted by molar-refractivity contribution is 7.80. The normalized spacial score (nSPS) is 19.2. The maximum Gasteiger partial charge on any atom is 0.254 e. The van der Waals surface area contributed by atoms with Gasteiger partial charge >= 0.3 is 0 Å². The smallest absolute Gasteiger partial charge is 0.254 e. The van der Waals surface area contributed by atoms with Crippen molar-refractivity contribution in [1.29, 1.82) is 0 Å². The van der Waals surface area contributed by atoms with Crippen LogP contribution in [0.5, 0.6) is 0 Å². The predicted octanol–water partition coefficient (Wildman–Crippen LogP) is 1.12. The summed E-state index contributed by atoms with van der Waals surface area (Å²) in [6, 6.07) is 3.92. The zero-order valence-electron chi connectivity index (χ0n) is 9.57. The third kappa shape index (κ3) is 3.01. The van der Waals surface area contributed by atoms with Crippen molar-refractivity contribution in [3.63, 3.8) is 0 Å². The van der Waals surface area contributed by atoms with Crippen LogP contribution < -0.4 is 10.6 Å². The molecule has 2 amide bonds. The maximum absolute atomic E-state index is 13.5. The van der Waals surface area contributed by atoms with Crippen molar-refractivity contribution in [3.8, 4) is 0 Å². The highest BCUT2D eigenvalue weighted by atomic mass is 32.1. The fourth-order valence-corrected chi connectivity index (χ4v) is 2.01. The van der Waals surface area contributed by atoms with Crippen molar-refractivity contribution in [3.05, 3.63) is 29.6 Å². The van der Waals surface area contributed by atoms with Gasteiger partial charge in [0.05, 0.1) is 5.56 Å². The van der Waals surface area contributed by atoms with E-state index in [2.05, 4.69) is 23.3 Å². The number of thiol groups is 1. The Labute approximate surface area is 109 Å². The van der Waals surface area contributed by atoms with Crippen molar-refractivity contribution in [1.82, 2.24) is 10.6 Å². The number of hydrogen-bond acceptors (Lipinski definition) is 3. The molecular formula is C12H13FN2O2S. The van der Waals surface area contributed by atoms with E-state index in [4.69, 9.17) is 0 Å². The summed E-state index contributed by atoms with van der Waals surface area (Å²) < 4.78 is 13.5. The van der Waals surface area contributed by atoms with Gasteiger partial charge in [0.15, 0.2) is 0 Å². The standard InChI is InChI=1S/C12H13FN2O2S/c13-10-3-2-8(18)5-9(10)12(17)15-7-1-4-11(16)14-6-7/h2-3,5,7,18H,1,4,6H2,(H,14,16)(H,15,17). The maximum atomic E-state index is 13.5. The first-order chi connectivity index (χ1) is 8.56. The van der Waals surface area contributed by atoms with E-state index in [1.807, 2.05) is 0 Å². The minimum atomic E-state index is -0.579. The Morgan fingerprint density at radius 3 is 2.94 bits per heavy atom. The van der Waals surface area contributed by atoms with Crippen molar-refractivity contribution >= 4 is 24.4 Å². The zero-order valence-corrected chi connectivity index (χ0v) is 10.5. The van der Waals surface area contributed by atoms with Crippen molar-refractivity contribution < 1.29 is 14.0 Å². The molecule has 4 nitrogen and oxygen atoms in total. The number of amides is 2. The van der Waals surface area contributed by atoms with Crippen LogP contribution in [-0.2, 0) is 4.79 Å². The van der Waals surface area contributed by atoms with Gasteiger partial charge in [0.25, 0.3) is 5.91 Å². The molecule has 1 fully saturated rings. The van der Waals surface area contributed by atoms with Crippen LogP contribution >= 0.6 is 12.6 Å². The van der Waals surface area contributed by atoms with Gasteiger partial charge in [-0.25, -0.2) is 4.39 Å². The van der Waals surface area contributed by atoms with Crippen LogP contribution in [0, 0.1) is 5.82 Å². The summed E-state index contributed by atoms with van der Waals surface area (Å²) in [4.78, 5) is 23.4. The number of carbonyl (C=O) groups excluding carboxylic acids is 2. The summed E-state index contributed by atoms with van der Waals surface area (Å²) in [6.45, 7) is 0.382. The summed E-state index contributed by atoms with van der Waals surface area (Å²) in [6.07, 6.45) is 0.944. The second kappa shape index (κ2) is 5.39. The van der Waals surface area contributed by atoms with E-state index in [-0.39, 0.29) is 17.5 Å². The van der Waals surface area contributed by atoms with E-state index in [0.717, 1.165) is 0 Å². The minimum absolute atomic E-state index is 0.0240. The topological polar surface area (TPSA) is 58.2 Å². The Hall–Kier alpha value is -1.56. The average Bonchev–Trinajstić information content (AvgIpc) is 2.35. The number of carbonyl (C=O) groups is 2. The second-order valence-corrected chi connectivity index (χ2v) is 4.69. The molecule has 1 aromatic carbocycles. The van der Waals surface area contributed by atoms with Gasteiger partial charge in [-0.05, 0) is 24.6 Å². The van der Waals surface area contributed by atoms with Crippen LogP contribution in [0.15, 0.2) is 23.1 Å². The quantitative estimate of drug-likeness (QED) is 0.704. The average molecular weight is 268 g/mol. The Bertz CT molecular complexity index is 483. The van der Waals surface area contributed by atoms with Crippen LogP contribution in [-0.4, -0.2) is 24.4 Å². The lowest BCUT2D eigenvalue weighted by Crippen LogP contribution is -2.47. The van der Waals surface area contributed by atoms with E-state index >= 15 is 0 Å². The van der Waals surface area contributed by atoms with Gasteiger partial charge in [0.2, 0.25) is 5.91 Å². The molecule has 1 saturated heterocycles. The van der Waals surface area contributed by atoms with Gasteiger partial charge in [0, 0.05) is 23.9 Å². The van der Waals surface area contributed by atoms with Crippen molar-refractivity contribution in [2.75, 3.05) is 6.54 Å². The third-order valence-corrected chi connectivity index (χ3v) is 3.07. The first-order valence-electron chi connectivity index (χ1n) is 5.62. The number of halogens is 1. The summed E-state index contributed by atoms with van der Waals surface area (Å²) in [7, 11) is 0. The lowest BCUT2D eigenvalue weighted by molar-refractivity contribution is -0.122. The molecule has 0 aromatic heterocycles. The zero-order chi connectivity index (χ0) is 13.1. The molecule has 2 N–H and O–H groups in total. The molecule has 1 aliphatic rings. The highest BCUT2D eigenvalue weighted by Crippen LogP contribution is 2.14. The summed E-state index contributed by atoms with van der Waals surface area (Å²) in [5, 5.41) is 5.35. The largest absolute Gasteiger partial charge is 0.354 e. The van der Waals surface area contributed by atoms with Crippen molar-refractivity contribution in [2.24, 2.45) is 0 Å². The Kier molecular flexibility index (Phi) is 3.86. The molecule has 0 aliphatic carbocycles. The van der Waals surface area contributed by atoms with Gasteiger partial charge in [0.1, 0.15) is 5.82 Å². The first-order valence-corrected chi connectivity index (χ1v) is 6.07. The van der Waals surface area contributed by atoms with Gasteiger partial charge in [-0.1, -0.05) is 0 Å². The van der Waals surface area contributed by atoms with Gasteiger partial charge in [-0.2, -0.15) is 0 Å². The molecule has 2 rings (SSSR count). The Morgan fingerprint density at radius 1 is 1.50 bits per heavy atom. The number of rotatable bonds is 2. The lowest BCUT2D eigenvalue weighted by Gasteiger charge is -2.23. The predicted molar refractivity (Wildman–Crippen MR) is 67.1 cm³/mol. The SMILES string of the molecule is O=C1CCC(NC(=O)c2cc(S)ccc2F)CN1. The Balaban J connectivity index is 2.03. The molecule has 18 heavy (non-hydrogen) atoms. The molecule has 0 saturated carbocycles. The fraction of sp³-hybridized carbons (Fsp3) is 0.333. The van der Waals surface area contributed by atoms with Crippen LogP contribution in [0.2, 0.25) is 0 Å². The summed E-state index contributed by atoms with van der Waals surface area (Å²) in [5.41, 5.74) is -0.0283. The summed E-state index contributed by atoms with van der Waals surface area (Å²) >= 11 is 4.07. The van der Waals surface area contributed by atoms with Gasteiger partial charge in [-0.15, -0.1) is 12.6 Å². The lowest BCUT2D eigenvalue weighted by atomic mass is 10.1. The van der Waals surface area contributed by atoms with E-state index < -0.39 is 11.7 Å². The van der Waals surface area contributed by atoms with E-state index in [1.165, 1.54) is 18.2 Å². The second-order valence-electron chi connectivity index (χ2n) is 4.18. The molecular weight excluding hydrogens is 255 g/mol. The first kappa shape index (κ1) is 12.9. The summed E-state index contributed by atoms with van der Waals surface area (Å²) in [5.74, 6) is -1.08. The van der Waals surface area contributed by atoms with E-state index in [9.17, 15) is 14.0 Å². The number of piperidine rings is 1. The van der Waals surface area contributed by atoms with Gasteiger partial charge < -0.3 is 10.6 Å². The molecule has 1 aromatic rings. The number of nitrogens with one attached hydrogen (secondary N) is 2. The Morgan fingerprint density at radius 2 is 2.28 bits per heavy atom. The van der Waals surface area contributed by atoms with Crippen LogP contribution in [0.3, 0.4) is 0 Å². The molecule has 1 atom stereocenters. The molecule has 0 bridgehead atoms.